The first-order valence-electron chi connectivity index (χ1n) is 5.33. The second kappa shape index (κ2) is 4.45. The standard InChI is InChI=1S/C12H16N4/c1-9-10(2)16(8-15-9)7-11-4-3-5-14-12(11)6-13/h3-5,8H,6-7,13H2,1-2H3. The van der Waals surface area contributed by atoms with Gasteiger partial charge in [0.05, 0.1) is 24.3 Å². The topological polar surface area (TPSA) is 56.7 Å². The van der Waals surface area contributed by atoms with Crippen molar-refractivity contribution in [3.8, 4) is 0 Å². The Morgan fingerprint density at radius 1 is 1.31 bits per heavy atom. The maximum atomic E-state index is 5.66. The van der Waals surface area contributed by atoms with E-state index in [4.69, 9.17) is 5.73 Å². The molecule has 84 valence electrons. The maximum absolute atomic E-state index is 5.66. The molecule has 0 bridgehead atoms. The molecule has 2 heterocycles. The fourth-order valence-corrected chi connectivity index (χ4v) is 1.69. The van der Waals surface area contributed by atoms with Crippen LogP contribution in [-0.4, -0.2) is 14.5 Å². The largest absolute Gasteiger partial charge is 0.330 e. The molecule has 0 amide bonds. The minimum absolute atomic E-state index is 0.475. The van der Waals surface area contributed by atoms with Gasteiger partial charge in [-0.1, -0.05) is 6.07 Å². The molecular formula is C12H16N4. The fourth-order valence-electron chi connectivity index (χ4n) is 1.69. The van der Waals surface area contributed by atoms with Crippen molar-refractivity contribution in [1.29, 1.82) is 0 Å². The predicted molar refractivity (Wildman–Crippen MR) is 62.9 cm³/mol. The van der Waals surface area contributed by atoms with Crippen molar-refractivity contribution in [3.05, 3.63) is 47.3 Å². The summed E-state index contributed by atoms with van der Waals surface area (Å²) in [6, 6.07) is 4.00. The SMILES string of the molecule is Cc1ncn(Cc2cccnc2CN)c1C. The highest BCUT2D eigenvalue weighted by atomic mass is 15.1. The van der Waals surface area contributed by atoms with Gasteiger partial charge in [-0.2, -0.15) is 0 Å². The van der Waals surface area contributed by atoms with Crippen molar-refractivity contribution in [2.75, 3.05) is 0 Å². The van der Waals surface area contributed by atoms with Crippen LogP contribution in [-0.2, 0) is 13.1 Å². The van der Waals surface area contributed by atoms with Gasteiger partial charge in [-0.3, -0.25) is 4.98 Å². The Morgan fingerprint density at radius 3 is 2.75 bits per heavy atom. The number of rotatable bonds is 3. The van der Waals surface area contributed by atoms with Crippen molar-refractivity contribution in [3.63, 3.8) is 0 Å². The zero-order valence-corrected chi connectivity index (χ0v) is 9.64. The first-order valence-corrected chi connectivity index (χ1v) is 5.33. The monoisotopic (exact) mass is 216 g/mol. The average molecular weight is 216 g/mol. The van der Waals surface area contributed by atoms with E-state index in [1.54, 1.807) is 6.20 Å². The van der Waals surface area contributed by atoms with Crippen LogP contribution in [0.5, 0.6) is 0 Å². The number of hydrogen-bond acceptors (Lipinski definition) is 3. The van der Waals surface area contributed by atoms with Crippen LogP contribution >= 0.6 is 0 Å². The highest BCUT2D eigenvalue weighted by Gasteiger charge is 2.06. The summed E-state index contributed by atoms with van der Waals surface area (Å²) in [5.74, 6) is 0. The second-order valence-corrected chi connectivity index (χ2v) is 3.86. The normalized spacial score (nSPS) is 10.7. The predicted octanol–water partition coefficient (Wildman–Crippen LogP) is 1.40. The lowest BCUT2D eigenvalue weighted by atomic mass is 10.2. The molecule has 16 heavy (non-hydrogen) atoms. The summed E-state index contributed by atoms with van der Waals surface area (Å²) in [4.78, 5) is 8.55. The molecule has 0 unspecified atom stereocenters. The van der Waals surface area contributed by atoms with Crippen molar-refractivity contribution >= 4 is 0 Å². The van der Waals surface area contributed by atoms with E-state index < -0.39 is 0 Å². The molecule has 0 aliphatic heterocycles. The summed E-state index contributed by atoms with van der Waals surface area (Å²) < 4.78 is 2.12. The number of imidazole rings is 1. The van der Waals surface area contributed by atoms with Crippen LogP contribution in [0.3, 0.4) is 0 Å². The van der Waals surface area contributed by atoms with Gasteiger partial charge in [-0.25, -0.2) is 4.98 Å². The van der Waals surface area contributed by atoms with E-state index in [-0.39, 0.29) is 0 Å². The van der Waals surface area contributed by atoms with Crippen molar-refractivity contribution in [2.45, 2.75) is 26.9 Å². The van der Waals surface area contributed by atoms with Crippen LogP contribution in [0.1, 0.15) is 22.6 Å². The van der Waals surface area contributed by atoms with Crippen LogP contribution < -0.4 is 5.73 Å². The molecule has 4 nitrogen and oxygen atoms in total. The molecule has 2 rings (SSSR count). The number of nitrogens with two attached hydrogens (primary N) is 1. The molecule has 0 aliphatic carbocycles. The van der Waals surface area contributed by atoms with Crippen LogP contribution in [0.4, 0.5) is 0 Å². The van der Waals surface area contributed by atoms with Crippen LogP contribution in [0.25, 0.3) is 0 Å². The van der Waals surface area contributed by atoms with E-state index in [9.17, 15) is 0 Å². The molecule has 0 spiro atoms. The van der Waals surface area contributed by atoms with Crippen molar-refractivity contribution in [1.82, 2.24) is 14.5 Å². The van der Waals surface area contributed by atoms with E-state index in [1.165, 1.54) is 5.69 Å². The summed E-state index contributed by atoms with van der Waals surface area (Å²) in [7, 11) is 0. The third-order valence-electron chi connectivity index (χ3n) is 2.86. The Hall–Kier alpha value is -1.68. The molecule has 4 heteroatoms. The molecule has 2 aromatic rings. The Morgan fingerprint density at radius 2 is 2.12 bits per heavy atom. The van der Waals surface area contributed by atoms with Gasteiger partial charge in [0.15, 0.2) is 0 Å². The van der Waals surface area contributed by atoms with E-state index in [0.717, 1.165) is 23.5 Å². The van der Waals surface area contributed by atoms with E-state index in [0.29, 0.717) is 6.54 Å². The fraction of sp³-hybridized carbons (Fsp3) is 0.333. The number of aryl methyl sites for hydroxylation is 1. The molecule has 0 aliphatic rings. The van der Waals surface area contributed by atoms with Crippen molar-refractivity contribution < 1.29 is 0 Å². The van der Waals surface area contributed by atoms with Gasteiger partial charge in [0.1, 0.15) is 0 Å². The summed E-state index contributed by atoms with van der Waals surface area (Å²) >= 11 is 0. The molecule has 0 radical (unpaired) electrons. The van der Waals surface area contributed by atoms with Gasteiger partial charge in [0, 0.05) is 18.4 Å². The van der Waals surface area contributed by atoms with E-state index in [2.05, 4.69) is 27.5 Å². The lowest BCUT2D eigenvalue weighted by Gasteiger charge is -2.09. The summed E-state index contributed by atoms with van der Waals surface area (Å²) in [5, 5.41) is 0. The Bertz CT molecular complexity index is 488. The first-order chi connectivity index (χ1) is 7.72. The van der Waals surface area contributed by atoms with Gasteiger partial charge in [-0.05, 0) is 25.5 Å². The second-order valence-electron chi connectivity index (χ2n) is 3.86. The molecule has 0 fully saturated rings. The highest BCUT2D eigenvalue weighted by molar-refractivity contribution is 5.21. The average Bonchev–Trinajstić information content (AvgIpc) is 2.62. The summed E-state index contributed by atoms with van der Waals surface area (Å²) in [6.07, 6.45) is 3.63. The lowest BCUT2D eigenvalue weighted by molar-refractivity contribution is 0.750. The quantitative estimate of drug-likeness (QED) is 0.843. The number of pyridine rings is 1. The minimum Gasteiger partial charge on any atom is -0.330 e. The molecule has 0 saturated carbocycles. The number of aromatic nitrogens is 3. The molecule has 2 N–H and O–H groups in total. The third kappa shape index (κ3) is 1.97. The summed E-state index contributed by atoms with van der Waals surface area (Å²) in [5.41, 5.74) is 10.0. The third-order valence-corrected chi connectivity index (χ3v) is 2.86. The van der Waals surface area contributed by atoms with Crippen molar-refractivity contribution in [2.24, 2.45) is 5.73 Å². The Kier molecular flexibility index (Phi) is 3.01. The van der Waals surface area contributed by atoms with Crippen LogP contribution in [0, 0.1) is 13.8 Å². The van der Waals surface area contributed by atoms with Gasteiger partial charge in [0.25, 0.3) is 0 Å². The van der Waals surface area contributed by atoms with Gasteiger partial charge in [0.2, 0.25) is 0 Å². The smallest absolute Gasteiger partial charge is 0.0954 e. The zero-order valence-electron chi connectivity index (χ0n) is 9.64. The van der Waals surface area contributed by atoms with E-state index >= 15 is 0 Å². The molecule has 0 aromatic carbocycles. The highest BCUT2D eigenvalue weighted by Crippen LogP contribution is 2.11. The van der Waals surface area contributed by atoms with Crippen LogP contribution in [0.15, 0.2) is 24.7 Å². The lowest BCUT2D eigenvalue weighted by Crippen LogP contribution is -2.08. The molecule has 2 aromatic heterocycles. The van der Waals surface area contributed by atoms with Gasteiger partial charge < -0.3 is 10.3 Å². The Labute approximate surface area is 95.1 Å². The molecular weight excluding hydrogens is 200 g/mol. The number of nitrogens with zero attached hydrogens (tertiary/aromatic N) is 3. The molecule has 0 atom stereocenters. The van der Waals surface area contributed by atoms with Gasteiger partial charge in [-0.15, -0.1) is 0 Å². The first kappa shape index (κ1) is 10.8. The number of hydrogen-bond donors (Lipinski definition) is 1. The molecule has 0 saturated heterocycles. The summed E-state index contributed by atoms with van der Waals surface area (Å²) in [6.45, 7) is 5.34. The maximum Gasteiger partial charge on any atom is 0.0954 e. The van der Waals surface area contributed by atoms with Gasteiger partial charge >= 0.3 is 0 Å². The Balaban J connectivity index is 2.30. The zero-order chi connectivity index (χ0) is 11.5. The van der Waals surface area contributed by atoms with Crippen LogP contribution in [0.2, 0.25) is 0 Å². The minimum atomic E-state index is 0.475. The van der Waals surface area contributed by atoms with E-state index in [1.807, 2.05) is 19.3 Å².